The normalized spacial score (nSPS) is 29.9. The van der Waals surface area contributed by atoms with E-state index in [0.717, 1.165) is 12.2 Å². The van der Waals surface area contributed by atoms with Crippen LogP contribution in [0.5, 0.6) is 5.75 Å². The molecule has 0 bridgehead atoms. The standard InChI is InChI=1S/C19H31NO/c1-13(2)18-11-6-15(5)12-19(18,20)16-7-9-17(10-8-16)21-14(3)4/h7-10,13-15,18H,6,11-12,20H2,1-5H3. The molecule has 21 heavy (non-hydrogen) atoms. The quantitative estimate of drug-likeness (QED) is 0.870. The van der Waals surface area contributed by atoms with E-state index in [1.165, 1.54) is 18.4 Å². The predicted molar refractivity (Wildman–Crippen MR) is 89.4 cm³/mol. The van der Waals surface area contributed by atoms with Gasteiger partial charge in [-0.3, -0.25) is 0 Å². The Morgan fingerprint density at radius 2 is 1.71 bits per heavy atom. The number of benzene rings is 1. The summed E-state index contributed by atoms with van der Waals surface area (Å²) >= 11 is 0. The van der Waals surface area contributed by atoms with Crippen LogP contribution in [-0.4, -0.2) is 6.10 Å². The van der Waals surface area contributed by atoms with Crippen molar-refractivity contribution >= 4 is 0 Å². The van der Waals surface area contributed by atoms with Gasteiger partial charge in [0.2, 0.25) is 0 Å². The molecule has 1 aliphatic rings. The Bertz CT molecular complexity index is 451. The van der Waals surface area contributed by atoms with Crippen molar-refractivity contribution in [3.63, 3.8) is 0 Å². The van der Waals surface area contributed by atoms with Crippen molar-refractivity contribution in [3.8, 4) is 5.75 Å². The summed E-state index contributed by atoms with van der Waals surface area (Å²) in [6.07, 6.45) is 3.83. The summed E-state index contributed by atoms with van der Waals surface area (Å²) in [5, 5.41) is 0. The first-order chi connectivity index (χ1) is 9.83. The highest BCUT2D eigenvalue weighted by Crippen LogP contribution is 2.45. The summed E-state index contributed by atoms with van der Waals surface area (Å²) < 4.78 is 5.74. The maximum Gasteiger partial charge on any atom is 0.119 e. The second-order valence-corrected chi connectivity index (χ2v) is 7.47. The van der Waals surface area contributed by atoms with Crippen LogP contribution in [0.2, 0.25) is 0 Å². The average molecular weight is 289 g/mol. The van der Waals surface area contributed by atoms with E-state index in [9.17, 15) is 0 Å². The first-order valence-electron chi connectivity index (χ1n) is 8.39. The SMILES string of the molecule is CC1CCC(C(C)C)C(N)(c2ccc(OC(C)C)cc2)C1. The minimum atomic E-state index is -0.192. The molecule has 2 rings (SSSR count). The van der Waals surface area contributed by atoms with Gasteiger partial charge in [-0.05, 0) is 62.1 Å². The van der Waals surface area contributed by atoms with E-state index in [4.69, 9.17) is 10.5 Å². The lowest BCUT2D eigenvalue weighted by Crippen LogP contribution is -2.50. The third-order valence-corrected chi connectivity index (χ3v) is 4.89. The number of nitrogens with two attached hydrogens (primary N) is 1. The summed E-state index contributed by atoms with van der Waals surface area (Å²) in [5.41, 5.74) is 8.00. The molecule has 1 aromatic carbocycles. The maximum absolute atomic E-state index is 6.93. The van der Waals surface area contributed by atoms with Crippen molar-refractivity contribution < 1.29 is 4.74 Å². The Morgan fingerprint density at radius 1 is 1.10 bits per heavy atom. The molecule has 0 heterocycles. The highest BCUT2D eigenvalue weighted by Gasteiger charge is 2.42. The molecule has 1 fully saturated rings. The average Bonchev–Trinajstić information content (AvgIpc) is 2.38. The Morgan fingerprint density at radius 3 is 2.24 bits per heavy atom. The Kier molecular flexibility index (Phi) is 4.98. The molecule has 1 aliphatic carbocycles. The van der Waals surface area contributed by atoms with Crippen molar-refractivity contribution in [2.45, 2.75) is 65.5 Å². The van der Waals surface area contributed by atoms with Gasteiger partial charge >= 0.3 is 0 Å². The van der Waals surface area contributed by atoms with Gasteiger partial charge in [0.1, 0.15) is 5.75 Å². The van der Waals surface area contributed by atoms with E-state index in [1.807, 2.05) is 0 Å². The minimum Gasteiger partial charge on any atom is -0.491 e. The van der Waals surface area contributed by atoms with Gasteiger partial charge in [0.25, 0.3) is 0 Å². The van der Waals surface area contributed by atoms with Crippen LogP contribution in [0.15, 0.2) is 24.3 Å². The first kappa shape index (κ1) is 16.4. The summed E-state index contributed by atoms with van der Waals surface area (Å²) in [4.78, 5) is 0. The van der Waals surface area contributed by atoms with E-state index < -0.39 is 0 Å². The predicted octanol–water partition coefficient (Wildman–Crippen LogP) is 4.72. The summed E-state index contributed by atoms with van der Waals surface area (Å²) in [6.45, 7) is 11.0. The van der Waals surface area contributed by atoms with Crippen LogP contribution in [0.25, 0.3) is 0 Å². The molecule has 1 saturated carbocycles. The zero-order valence-electron chi connectivity index (χ0n) is 14.2. The summed E-state index contributed by atoms with van der Waals surface area (Å²) in [7, 11) is 0. The fourth-order valence-electron chi connectivity index (χ4n) is 3.93. The van der Waals surface area contributed by atoms with Gasteiger partial charge in [-0.15, -0.1) is 0 Å². The molecule has 3 atom stereocenters. The fourth-order valence-corrected chi connectivity index (χ4v) is 3.93. The van der Waals surface area contributed by atoms with Gasteiger partial charge < -0.3 is 10.5 Å². The van der Waals surface area contributed by atoms with Gasteiger partial charge in [-0.1, -0.05) is 39.3 Å². The maximum atomic E-state index is 6.93. The monoisotopic (exact) mass is 289 g/mol. The Labute approximate surface area is 130 Å². The highest BCUT2D eigenvalue weighted by molar-refractivity contribution is 5.33. The van der Waals surface area contributed by atoms with E-state index in [1.54, 1.807) is 0 Å². The van der Waals surface area contributed by atoms with Gasteiger partial charge in [-0.25, -0.2) is 0 Å². The van der Waals surface area contributed by atoms with Crippen molar-refractivity contribution in [1.29, 1.82) is 0 Å². The molecule has 1 aromatic rings. The minimum absolute atomic E-state index is 0.192. The molecule has 0 aliphatic heterocycles. The molecule has 2 N–H and O–H groups in total. The van der Waals surface area contributed by atoms with Crippen molar-refractivity contribution in [2.75, 3.05) is 0 Å². The van der Waals surface area contributed by atoms with Gasteiger partial charge in [0.15, 0.2) is 0 Å². The number of rotatable bonds is 4. The van der Waals surface area contributed by atoms with Crippen LogP contribution in [0.3, 0.4) is 0 Å². The fraction of sp³-hybridized carbons (Fsp3) is 0.684. The molecule has 0 spiro atoms. The number of hydrogen-bond donors (Lipinski definition) is 1. The van der Waals surface area contributed by atoms with Crippen LogP contribution in [-0.2, 0) is 5.54 Å². The molecule has 2 heteroatoms. The van der Waals surface area contributed by atoms with E-state index >= 15 is 0 Å². The van der Waals surface area contributed by atoms with Gasteiger partial charge in [0.05, 0.1) is 6.10 Å². The zero-order valence-corrected chi connectivity index (χ0v) is 14.2. The lowest BCUT2D eigenvalue weighted by Gasteiger charge is -2.46. The second kappa shape index (κ2) is 6.39. The third kappa shape index (κ3) is 3.60. The molecule has 0 amide bonds. The van der Waals surface area contributed by atoms with Crippen molar-refractivity contribution in [1.82, 2.24) is 0 Å². The second-order valence-electron chi connectivity index (χ2n) is 7.47. The molecular formula is C19H31NO. The zero-order chi connectivity index (χ0) is 15.6. The molecular weight excluding hydrogens is 258 g/mol. The number of hydrogen-bond acceptors (Lipinski definition) is 2. The molecule has 2 nitrogen and oxygen atoms in total. The van der Waals surface area contributed by atoms with Crippen LogP contribution < -0.4 is 10.5 Å². The lowest BCUT2D eigenvalue weighted by molar-refractivity contribution is 0.108. The van der Waals surface area contributed by atoms with E-state index in [2.05, 4.69) is 58.9 Å². The highest BCUT2D eigenvalue weighted by atomic mass is 16.5. The van der Waals surface area contributed by atoms with Crippen LogP contribution >= 0.6 is 0 Å². The summed E-state index contributed by atoms with van der Waals surface area (Å²) in [5.74, 6) is 2.82. The van der Waals surface area contributed by atoms with Crippen LogP contribution in [0, 0.1) is 17.8 Å². The topological polar surface area (TPSA) is 35.2 Å². The van der Waals surface area contributed by atoms with Crippen LogP contribution in [0.4, 0.5) is 0 Å². The molecule has 0 radical (unpaired) electrons. The lowest BCUT2D eigenvalue weighted by atomic mass is 9.63. The molecule has 118 valence electrons. The molecule has 0 aromatic heterocycles. The molecule has 3 unspecified atom stereocenters. The third-order valence-electron chi connectivity index (χ3n) is 4.89. The Balaban J connectivity index is 2.27. The van der Waals surface area contributed by atoms with E-state index in [0.29, 0.717) is 17.8 Å². The van der Waals surface area contributed by atoms with Gasteiger partial charge in [-0.2, -0.15) is 0 Å². The Hall–Kier alpha value is -1.02. The van der Waals surface area contributed by atoms with Gasteiger partial charge in [0, 0.05) is 5.54 Å². The summed E-state index contributed by atoms with van der Waals surface area (Å²) in [6, 6.07) is 8.48. The van der Waals surface area contributed by atoms with Crippen molar-refractivity contribution in [2.24, 2.45) is 23.5 Å². The van der Waals surface area contributed by atoms with Crippen molar-refractivity contribution in [3.05, 3.63) is 29.8 Å². The first-order valence-corrected chi connectivity index (χ1v) is 8.39. The van der Waals surface area contributed by atoms with E-state index in [-0.39, 0.29) is 11.6 Å². The largest absolute Gasteiger partial charge is 0.491 e. The van der Waals surface area contributed by atoms with Crippen LogP contribution in [0.1, 0.15) is 59.4 Å². The smallest absolute Gasteiger partial charge is 0.119 e. The number of ether oxygens (including phenoxy) is 1. The molecule has 0 saturated heterocycles.